The van der Waals surface area contributed by atoms with Crippen molar-refractivity contribution < 1.29 is 23.4 Å². The number of hydrogen-bond donors (Lipinski definition) is 1. The second kappa shape index (κ2) is 7.35. The van der Waals surface area contributed by atoms with Crippen LogP contribution in [0.15, 0.2) is 34.0 Å². The van der Waals surface area contributed by atoms with Crippen LogP contribution in [0.25, 0.3) is 0 Å². The van der Waals surface area contributed by atoms with Crippen molar-refractivity contribution >= 4 is 12.1 Å². The lowest BCUT2D eigenvalue weighted by Gasteiger charge is -2.13. The minimum Gasteiger partial charge on any atom is -0.493 e. The van der Waals surface area contributed by atoms with Crippen LogP contribution in [0.4, 0.5) is 0 Å². The molecule has 0 bridgehead atoms. The van der Waals surface area contributed by atoms with Gasteiger partial charge in [0.25, 0.3) is 5.91 Å². The predicted octanol–water partition coefficient (Wildman–Crippen LogP) is 2.38. The summed E-state index contributed by atoms with van der Waals surface area (Å²) in [4.78, 5) is 11.9. The van der Waals surface area contributed by atoms with Crippen molar-refractivity contribution in [3.63, 3.8) is 0 Å². The Hall–Kier alpha value is -2.96. The standard InChI is InChI=1S/C16H18N2O5/c1-10-12(7-8-23-10)16(19)18-17-9-11-5-6-13(20-2)15(22-4)14(11)21-3/h5-9H,1-4H3,(H,18,19). The van der Waals surface area contributed by atoms with Gasteiger partial charge in [0, 0.05) is 5.56 Å². The summed E-state index contributed by atoms with van der Waals surface area (Å²) in [5, 5.41) is 3.94. The Balaban J connectivity index is 2.19. The number of methoxy groups -OCH3 is 3. The zero-order chi connectivity index (χ0) is 16.8. The van der Waals surface area contributed by atoms with Crippen LogP contribution in [0.5, 0.6) is 17.2 Å². The molecule has 0 radical (unpaired) electrons. The topological polar surface area (TPSA) is 82.3 Å². The number of carbonyl (C=O) groups is 1. The van der Waals surface area contributed by atoms with Gasteiger partial charge in [0.15, 0.2) is 11.5 Å². The number of carbonyl (C=O) groups excluding carboxylic acids is 1. The Morgan fingerprint density at radius 1 is 1.13 bits per heavy atom. The first kappa shape index (κ1) is 16.4. The molecule has 7 heteroatoms. The Kier molecular flexibility index (Phi) is 5.24. The molecule has 1 N–H and O–H groups in total. The van der Waals surface area contributed by atoms with E-state index in [0.29, 0.717) is 34.1 Å². The molecule has 1 amide bonds. The second-order valence-electron chi connectivity index (χ2n) is 4.51. The molecule has 7 nitrogen and oxygen atoms in total. The highest BCUT2D eigenvalue weighted by Gasteiger charge is 2.15. The van der Waals surface area contributed by atoms with Crippen LogP contribution in [-0.2, 0) is 0 Å². The van der Waals surface area contributed by atoms with Crippen molar-refractivity contribution in [2.75, 3.05) is 21.3 Å². The third-order valence-electron chi connectivity index (χ3n) is 3.21. The van der Waals surface area contributed by atoms with Gasteiger partial charge in [0.05, 0.1) is 39.4 Å². The lowest BCUT2D eigenvalue weighted by Crippen LogP contribution is -2.17. The molecular formula is C16H18N2O5. The summed E-state index contributed by atoms with van der Waals surface area (Å²) >= 11 is 0. The summed E-state index contributed by atoms with van der Waals surface area (Å²) in [6, 6.07) is 5.06. The molecule has 2 rings (SSSR count). The zero-order valence-electron chi connectivity index (χ0n) is 13.4. The van der Waals surface area contributed by atoms with Crippen molar-refractivity contribution in [2.24, 2.45) is 5.10 Å². The lowest BCUT2D eigenvalue weighted by atomic mass is 10.2. The van der Waals surface area contributed by atoms with E-state index in [0.717, 1.165) is 0 Å². The van der Waals surface area contributed by atoms with Gasteiger partial charge >= 0.3 is 0 Å². The van der Waals surface area contributed by atoms with E-state index in [4.69, 9.17) is 18.6 Å². The Labute approximate surface area is 133 Å². The van der Waals surface area contributed by atoms with Crippen molar-refractivity contribution in [3.05, 3.63) is 41.3 Å². The maximum atomic E-state index is 11.9. The largest absolute Gasteiger partial charge is 0.493 e. The summed E-state index contributed by atoms with van der Waals surface area (Å²) < 4.78 is 20.9. The quantitative estimate of drug-likeness (QED) is 0.653. The number of benzene rings is 1. The summed E-state index contributed by atoms with van der Waals surface area (Å²) in [5.74, 6) is 1.63. The Morgan fingerprint density at radius 2 is 1.87 bits per heavy atom. The molecule has 0 saturated carbocycles. The van der Waals surface area contributed by atoms with Crippen LogP contribution in [0.1, 0.15) is 21.7 Å². The van der Waals surface area contributed by atoms with Crippen molar-refractivity contribution in [2.45, 2.75) is 6.92 Å². The highest BCUT2D eigenvalue weighted by atomic mass is 16.5. The number of hydrazone groups is 1. The number of rotatable bonds is 6. The van der Waals surface area contributed by atoms with Crippen LogP contribution < -0.4 is 19.6 Å². The Bertz CT molecular complexity index is 721. The van der Waals surface area contributed by atoms with E-state index in [9.17, 15) is 4.79 Å². The third-order valence-corrected chi connectivity index (χ3v) is 3.21. The second-order valence-corrected chi connectivity index (χ2v) is 4.51. The van der Waals surface area contributed by atoms with Crippen LogP contribution in [-0.4, -0.2) is 33.5 Å². The van der Waals surface area contributed by atoms with Crippen LogP contribution >= 0.6 is 0 Å². The summed E-state index contributed by atoms with van der Waals surface area (Å²) in [6.45, 7) is 1.70. The monoisotopic (exact) mass is 318 g/mol. The number of nitrogens with zero attached hydrogens (tertiary/aromatic N) is 1. The highest BCUT2D eigenvalue weighted by Crippen LogP contribution is 2.38. The molecule has 1 aromatic heterocycles. The van der Waals surface area contributed by atoms with Gasteiger partial charge in [0.1, 0.15) is 5.76 Å². The average molecular weight is 318 g/mol. The number of hydrogen-bond acceptors (Lipinski definition) is 6. The third kappa shape index (κ3) is 3.45. The van der Waals surface area contributed by atoms with Crippen LogP contribution in [0.3, 0.4) is 0 Å². The molecule has 23 heavy (non-hydrogen) atoms. The van der Waals surface area contributed by atoms with Gasteiger partial charge in [-0.25, -0.2) is 5.43 Å². The minimum atomic E-state index is -0.355. The molecule has 0 atom stereocenters. The molecule has 0 aliphatic heterocycles. The molecule has 0 spiro atoms. The molecule has 0 saturated heterocycles. The van der Waals surface area contributed by atoms with E-state index in [2.05, 4.69) is 10.5 Å². The van der Waals surface area contributed by atoms with Crippen LogP contribution in [0, 0.1) is 6.92 Å². The maximum absolute atomic E-state index is 11.9. The van der Waals surface area contributed by atoms with Gasteiger partial charge in [-0.3, -0.25) is 4.79 Å². The van der Waals surface area contributed by atoms with Gasteiger partial charge in [-0.2, -0.15) is 5.10 Å². The fourth-order valence-corrected chi connectivity index (χ4v) is 2.07. The van der Waals surface area contributed by atoms with Gasteiger partial charge in [0.2, 0.25) is 5.75 Å². The van der Waals surface area contributed by atoms with Gasteiger partial charge < -0.3 is 18.6 Å². The molecule has 0 fully saturated rings. The molecular weight excluding hydrogens is 300 g/mol. The number of furan rings is 1. The summed E-state index contributed by atoms with van der Waals surface area (Å²) in [5.41, 5.74) is 3.50. The zero-order valence-corrected chi connectivity index (χ0v) is 13.4. The minimum absolute atomic E-state index is 0.355. The smallest absolute Gasteiger partial charge is 0.274 e. The molecule has 0 aliphatic carbocycles. The maximum Gasteiger partial charge on any atom is 0.274 e. The van der Waals surface area contributed by atoms with E-state index in [1.807, 2.05) is 0 Å². The first-order chi connectivity index (χ1) is 11.1. The first-order valence-electron chi connectivity index (χ1n) is 6.78. The number of nitrogens with one attached hydrogen (secondary N) is 1. The highest BCUT2D eigenvalue weighted by molar-refractivity contribution is 5.96. The molecule has 1 heterocycles. The normalized spacial score (nSPS) is 10.6. The molecule has 2 aromatic rings. The first-order valence-corrected chi connectivity index (χ1v) is 6.78. The number of amides is 1. The van der Waals surface area contributed by atoms with Gasteiger partial charge in [-0.05, 0) is 25.1 Å². The van der Waals surface area contributed by atoms with Gasteiger partial charge in [-0.1, -0.05) is 0 Å². The summed E-state index contributed by atoms with van der Waals surface area (Å²) in [6.07, 6.45) is 2.92. The number of aryl methyl sites for hydroxylation is 1. The predicted molar refractivity (Wildman–Crippen MR) is 84.6 cm³/mol. The Morgan fingerprint density at radius 3 is 2.43 bits per heavy atom. The van der Waals surface area contributed by atoms with Crippen LogP contribution in [0.2, 0.25) is 0 Å². The van der Waals surface area contributed by atoms with Gasteiger partial charge in [-0.15, -0.1) is 0 Å². The van der Waals surface area contributed by atoms with Crippen molar-refractivity contribution in [3.8, 4) is 17.2 Å². The lowest BCUT2D eigenvalue weighted by molar-refractivity contribution is 0.0953. The average Bonchev–Trinajstić information content (AvgIpc) is 3.00. The van der Waals surface area contributed by atoms with E-state index in [1.165, 1.54) is 26.7 Å². The molecule has 1 aromatic carbocycles. The van der Waals surface area contributed by atoms with Crippen molar-refractivity contribution in [1.82, 2.24) is 5.43 Å². The van der Waals surface area contributed by atoms with E-state index >= 15 is 0 Å². The number of ether oxygens (including phenoxy) is 3. The van der Waals surface area contributed by atoms with E-state index in [1.54, 1.807) is 32.2 Å². The SMILES string of the molecule is COc1ccc(C=NNC(=O)c2ccoc2C)c(OC)c1OC. The molecule has 0 aliphatic rings. The molecule has 122 valence electrons. The van der Waals surface area contributed by atoms with Crippen molar-refractivity contribution in [1.29, 1.82) is 0 Å². The fraction of sp³-hybridized carbons (Fsp3) is 0.250. The molecule has 0 unspecified atom stereocenters. The fourth-order valence-electron chi connectivity index (χ4n) is 2.07. The van der Waals surface area contributed by atoms with E-state index in [-0.39, 0.29) is 5.91 Å². The van der Waals surface area contributed by atoms with E-state index < -0.39 is 0 Å². The summed E-state index contributed by atoms with van der Waals surface area (Å²) in [7, 11) is 4.57.